The molecule has 2 aromatic rings. The first-order valence-electron chi connectivity index (χ1n) is 8.42. The molecule has 1 aliphatic heterocycles. The molecule has 0 unspecified atom stereocenters. The zero-order valence-electron chi connectivity index (χ0n) is 14.6. The van der Waals surface area contributed by atoms with Crippen LogP contribution in [0.5, 0.6) is 5.75 Å². The molecule has 0 N–H and O–H groups in total. The number of carbonyl (C=O) groups is 1. The Labute approximate surface area is 153 Å². The van der Waals surface area contributed by atoms with Crippen molar-refractivity contribution in [3.8, 4) is 5.75 Å². The zero-order valence-corrected chi connectivity index (χ0v) is 15.4. The molecule has 26 heavy (non-hydrogen) atoms. The summed E-state index contributed by atoms with van der Waals surface area (Å²) in [4.78, 5) is 13.5. The number of methoxy groups -OCH3 is 1. The monoisotopic (exact) mass is 375 g/mol. The number of amides is 1. The van der Waals surface area contributed by atoms with E-state index in [0.717, 1.165) is 18.4 Å². The van der Waals surface area contributed by atoms with Crippen molar-refractivity contribution < 1.29 is 22.1 Å². The third kappa shape index (κ3) is 4.23. The molecular weight excluding hydrogens is 354 g/mol. The SMILES string of the molecule is COCCc1ccc(OS(=O)(=O)c2ccc(N3CCCC3=O)cc2)cc1. The van der Waals surface area contributed by atoms with Crippen molar-refractivity contribution in [2.24, 2.45) is 0 Å². The van der Waals surface area contributed by atoms with Crippen molar-refractivity contribution in [2.45, 2.75) is 24.2 Å². The predicted molar refractivity (Wildman–Crippen MR) is 97.9 cm³/mol. The van der Waals surface area contributed by atoms with E-state index >= 15 is 0 Å². The number of benzene rings is 2. The maximum absolute atomic E-state index is 12.4. The molecule has 1 amide bonds. The molecule has 1 fully saturated rings. The zero-order chi connectivity index (χ0) is 18.6. The Balaban J connectivity index is 1.70. The van der Waals surface area contributed by atoms with E-state index in [1.54, 1.807) is 36.3 Å². The summed E-state index contributed by atoms with van der Waals surface area (Å²) in [5.41, 5.74) is 1.74. The minimum absolute atomic E-state index is 0.0522. The van der Waals surface area contributed by atoms with E-state index in [9.17, 15) is 13.2 Å². The molecule has 1 heterocycles. The van der Waals surface area contributed by atoms with E-state index in [0.29, 0.717) is 25.3 Å². The number of nitrogens with zero attached hydrogens (tertiary/aromatic N) is 1. The fraction of sp³-hybridized carbons (Fsp3) is 0.316. The first kappa shape index (κ1) is 18.4. The van der Waals surface area contributed by atoms with Gasteiger partial charge in [-0.3, -0.25) is 4.79 Å². The molecule has 0 aromatic heterocycles. The molecular formula is C19H21NO5S. The normalized spacial score (nSPS) is 14.7. The van der Waals surface area contributed by atoms with Crippen LogP contribution in [0.25, 0.3) is 0 Å². The van der Waals surface area contributed by atoms with Crippen molar-refractivity contribution >= 4 is 21.7 Å². The van der Waals surface area contributed by atoms with Crippen LogP contribution in [0, 0.1) is 0 Å². The molecule has 0 aliphatic carbocycles. The van der Waals surface area contributed by atoms with Crippen LogP contribution in [0.2, 0.25) is 0 Å². The van der Waals surface area contributed by atoms with E-state index in [1.165, 1.54) is 12.1 Å². The third-order valence-electron chi connectivity index (χ3n) is 4.23. The first-order valence-corrected chi connectivity index (χ1v) is 9.83. The summed E-state index contributed by atoms with van der Waals surface area (Å²) in [5, 5.41) is 0. The van der Waals surface area contributed by atoms with Gasteiger partial charge in [0.25, 0.3) is 0 Å². The first-order chi connectivity index (χ1) is 12.5. The van der Waals surface area contributed by atoms with Crippen LogP contribution in [0.15, 0.2) is 53.4 Å². The van der Waals surface area contributed by atoms with Crippen molar-refractivity contribution in [3.63, 3.8) is 0 Å². The molecule has 3 rings (SSSR count). The Bertz CT molecular complexity index is 860. The minimum Gasteiger partial charge on any atom is -0.384 e. The highest BCUT2D eigenvalue weighted by Crippen LogP contribution is 2.25. The van der Waals surface area contributed by atoms with Gasteiger partial charge in [0.05, 0.1) is 6.61 Å². The highest BCUT2D eigenvalue weighted by Gasteiger charge is 2.23. The molecule has 1 aliphatic rings. The highest BCUT2D eigenvalue weighted by atomic mass is 32.2. The van der Waals surface area contributed by atoms with Gasteiger partial charge in [0.15, 0.2) is 0 Å². The van der Waals surface area contributed by atoms with Gasteiger partial charge in [-0.15, -0.1) is 0 Å². The molecule has 7 heteroatoms. The number of hydrogen-bond acceptors (Lipinski definition) is 5. The molecule has 0 radical (unpaired) electrons. The van der Waals surface area contributed by atoms with E-state index < -0.39 is 10.1 Å². The van der Waals surface area contributed by atoms with Crippen LogP contribution < -0.4 is 9.08 Å². The number of carbonyl (C=O) groups excluding carboxylic acids is 1. The van der Waals surface area contributed by atoms with Gasteiger partial charge in [0, 0.05) is 25.8 Å². The minimum atomic E-state index is -3.93. The molecule has 2 aromatic carbocycles. The van der Waals surface area contributed by atoms with Gasteiger partial charge in [-0.05, 0) is 54.8 Å². The quantitative estimate of drug-likeness (QED) is 0.696. The van der Waals surface area contributed by atoms with Gasteiger partial charge < -0.3 is 13.8 Å². The predicted octanol–water partition coefficient (Wildman–Crippen LogP) is 2.77. The summed E-state index contributed by atoms with van der Waals surface area (Å²) in [6, 6.07) is 13.1. The lowest BCUT2D eigenvalue weighted by Gasteiger charge is -2.16. The molecule has 6 nitrogen and oxygen atoms in total. The van der Waals surface area contributed by atoms with Crippen molar-refractivity contribution in [1.82, 2.24) is 0 Å². The summed E-state index contributed by atoms with van der Waals surface area (Å²) in [5.74, 6) is 0.315. The van der Waals surface area contributed by atoms with Crippen LogP contribution in [-0.4, -0.2) is 34.6 Å². The average Bonchev–Trinajstić information content (AvgIpc) is 3.07. The molecule has 0 atom stereocenters. The Hall–Kier alpha value is -2.38. The van der Waals surface area contributed by atoms with E-state index in [-0.39, 0.29) is 16.6 Å². The van der Waals surface area contributed by atoms with Crippen LogP contribution in [0.3, 0.4) is 0 Å². The second kappa shape index (κ2) is 7.88. The Morgan fingerprint density at radius 1 is 1.04 bits per heavy atom. The van der Waals surface area contributed by atoms with Crippen molar-refractivity contribution in [2.75, 3.05) is 25.2 Å². The summed E-state index contributed by atoms with van der Waals surface area (Å²) >= 11 is 0. The van der Waals surface area contributed by atoms with Crippen molar-refractivity contribution in [3.05, 3.63) is 54.1 Å². The van der Waals surface area contributed by atoms with Crippen molar-refractivity contribution in [1.29, 1.82) is 0 Å². The molecule has 0 spiro atoms. The lowest BCUT2D eigenvalue weighted by Crippen LogP contribution is -2.23. The smallest absolute Gasteiger partial charge is 0.339 e. The number of hydrogen-bond donors (Lipinski definition) is 0. The van der Waals surface area contributed by atoms with Crippen LogP contribution in [0.1, 0.15) is 18.4 Å². The summed E-state index contributed by atoms with van der Waals surface area (Å²) < 4.78 is 35.1. The Morgan fingerprint density at radius 3 is 2.31 bits per heavy atom. The summed E-state index contributed by atoms with van der Waals surface area (Å²) in [7, 11) is -2.29. The second-order valence-electron chi connectivity index (χ2n) is 6.07. The van der Waals surface area contributed by atoms with Gasteiger partial charge in [0.1, 0.15) is 10.6 Å². The molecule has 0 saturated carbocycles. The maximum atomic E-state index is 12.4. The molecule has 1 saturated heterocycles. The second-order valence-corrected chi connectivity index (χ2v) is 7.61. The molecule has 138 valence electrons. The summed E-state index contributed by atoms with van der Waals surface area (Å²) in [6.45, 7) is 1.27. The summed E-state index contributed by atoms with van der Waals surface area (Å²) in [6.07, 6.45) is 2.10. The fourth-order valence-electron chi connectivity index (χ4n) is 2.82. The van der Waals surface area contributed by atoms with Crippen LogP contribution in [0.4, 0.5) is 5.69 Å². The van der Waals surface area contributed by atoms with E-state index in [4.69, 9.17) is 8.92 Å². The fourth-order valence-corrected chi connectivity index (χ4v) is 3.75. The highest BCUT2D eigenvalue weighted by molar-refractivity contribution is 7.87. The Morgan fingerprint density at radius 2 is 1.73 bits per heavy atom. The Kier molecular flexibility index (Phi) is 5.58. The number of rotatable bonds is 7. The van der Waals surface area contributed by atoms with E-state index in [1.807, 2.05) is 12.1 Å². The molecule has 0 bridgehead atoms. The van der Waals surface area contributed by atoms with Gasteiger partial charge in [-0.2, -0.15) is 8.42 Å². The maximum Gasteiger partial charge on any atom is 0.339 e. The third-order valence-corrected chi connectivity index (χ3v) is 5.50. The standard InChI is InChI=1S/C19H21NO5S/c1-24-14-12-15-4-8-17(9-5-15)25-26(22,23)18-10-6-16(7-11-18)20-13-2-3-19(20)21/h4-11H,2-3,12-14H2,1H3. The number of anilines is 1. The van der Waals surface area contributed by atoms with Gasteiger partial charge in [-0.1, -0.05) is 12.1 Å². The van der Waals surface area contributed by atoms with Gasteiger partial charge >= 0.3 is 10.1 Å². The van der Waals surface area contributed by atoms with E-state index in [2.05, 4.69) is 0 Å². The van der Waals surface area contributed by atoms with Gasteiger partial charge in [-0.25, -0.2) is 0 Å². The number of ether oxygens (including phenoxy) is 1. The lowest BCUT2D eigenvalue weighted by atomic mass is 10.1. The van der Waals surface area contributed by atoms with Crippen LogP contribution in [-0.2, 0) is 26.1 Å². The van der Waals surface area contributed by atoms with Gasteiger partial charge in [0.2, 0.25) is 5.91 Å². The largest absolute Gasteiger partial charge is 0.384 e. The lowest BCUT2D eigenvalue weighted by molar-refractivity contribution is -0.117. The average molecular weight is 375 g/mol. The van der Waals surface area contributed by atoms with Crippen LogP contribution >= 0.6 is 0 Å². The topological polar surface area (TPSA) is 72.9 Å².